The van der Waals surface area contributed by atoms with Gasteiger partial charge in [-0.15, -0.1) is 0 Å². The van der Waals surface area contributed by atoms with Gasteiger partial charge in [0.15, 0.2) is 6.10 Å². The largest absolute Gasteiger partial charge is 0.479 e. The Bertz CT molecular complexity index is 447. The van der Waals surface area contributed by atoms with Gasteiger partial charge in [0.2, 0.25) is 5.91 Å². The molecule has 0 spiro atoms. The number of aliphatic carboxylic acids is 1. The van der Waals surface area contributed by atoms with Gasteiger partial charge in [-0.3, -0.25) is 4.79 Å². The molecule has 0 aliphatic carbocycles. The number of morpholine rings is 1. The Kier molecular flexibility index (Phi) is 4.52. The maximum absolute atomic E-state index is 11.9. The molecule has 19 heavy (non-hydrogen) atoms. The topological polar surface area (TPSA) is 76.1 Å². The molecule has 0 aromatic carbocycles. The van der Waals surface area contributed by atoms with Crippen LogP contribution in [0, 0.1) is 0 Å². The minimum atomic E-state index is -1.06. The minimum Gasteiger partial charge on any atom is -0.479 e. The first kappa shape index (κ1) is 14.0. The summed E-state index contributed by atoms with van der Waals surface area (Å²) in [4.78, 5) is 24.7. The SMILES string of the molecule is COCCN1C(=O)COC(C(=O)O)C1c1ccsc1. The molecule has 1 N–H and O–H groups in total. The number of carbonyl (C=O) groups is 2. The zero-order valence-electron chi connectivity index (χ0n) is 10.4. The van der Waals surface area contributed by atoms with Crippen molar-refractivity contribution >= 4 is 23.2 Å². The Labute approximate surface area is 114 Å². The average molecular weight is 285 g/mol. The van der Waals surface area contributed by atoms with Crippen LogP contribution < -0.4 is 0 Å². The van der Waals surface area contributed by atoms with E-state index in [1.54, 1.807) is 7.11 Å². The van der Waals surface area contributed by atoms with Crippen molar-refractivity contribution in [3.63, 3.8) is 0 Å². The maximum atomic E-state index is 11.9. The highest BCUT2D eigenvalue weighted by Gasteiger charge is 2.41. The molecule has 1 aliphatic rings. The Morgan fingerprint density at radius 3 is 3.05 bits per heavy atom. The van der Waals surface area contributed by atoms with Crippen molar-refractivity contribution in [2.75, 3.05) is 26.9 Å². The van der Waals surface area contributed by atoms with E-state index in [0.717, 1.165) is 5.56 Å². The molecule has 2 heterocycles. The van der Waals surface area contributed by atoms with E-state index in [4.69, 9.17) is 9.47 Å². The van der Waals surface area contributed by atoms with Crippen LogP contribution in [0.5, 0.6) is 0 Å². The van der Waals surface area contributed by atoms with E-state index >= 15 is 0 Å². The second kappa shape index (κ2) is 6.14. The van der Waals surface area contributed by atoms with Gasteiger partial charge in [0.05, 0.1) is 12.6 Å². The Hall–Kier alpha value is -1.44. The number of amides is 1. The van der Waals surface area contributed by atoms with Gasteiger partial charge in [-0.05, 0) is 22.4 Å². The van der Waals surface area contributed by atoms with Crippen LogP contribution in [0.2, 0.25) is 0 Å². The van der Waals surface area contributed by atoms with Crippen LogP contribution in [-0.4, -0.2) is 54.9 Å². The normalized spacial score (nSPS) is 23.6. The molecular formula is C12H15NO5S. The summed E-state index contributed by atoms with van der Waals surface area (Å²) in [6.07, 6.45) is -1.04. The first-order valence-corrected chi connectivity index (χ1v) is 6.74. The molecule has 0 radical (unpaired) electrons. The monoisotopic (exact) mass is 285 g/mol. The number of thiophene rings is 1. The van der Waals surface area contributed by atoms with Crippen LogP contribution in [0.4, 0.5) is 0 Å². The van der Waals surface area contributed by atoms with Gasteiger partial charge >= 0.3 is 5.97 Å². The fourth-order valence-electron chi connectivity index (χ4n) is 2.11. The zero-order chi connectivity index (χ0) is 13.8. The maximum Gasteiger partial charge on any atom is 0.335 e. The molecule has 1 saturated heterocycles. The third-order valence-corrected chi connectivity index (χ3v) is 3.70. The zero-order valence-corrected chi connectivity index (χ0v) is 11.3. The fourth-order valence-corrected chi connectivity index (χ4v) is 2.80. The quantitative estimate of drug-likeness (QED) is 0.864. The van der Waals surface area contributed by atoms with Crippen LogP contribution in [0.15, 0.2) is 16.8 Å². The van der Waals surface area contributed by atoms with Crippen molar-refractivity contribution in [2.45, 2.75) is 12.1 Å². The van der Waals surface area contributed by atoms with Crippen molar-refractivity contribution in [2.24, 2.45) is 0 Å². The molecule has 0 bridgehead atoms. The fraction of sp³-hybridized carbons (Fsp3) is 0.500. The molecule has 1 aromatic heterocycles. The number of nitrogens with zero attached hydrogens (tertiary/aromatic N) is 1. The second-order valence-electron chi connectivity index (χ2n) is 4.15. The third kappa shape index (κ3) is 2.94. The van der Waals surface area contributed by atoms with E-state index in [2.05, 4.69) is 0 Å². The Morgan fingerprint density at radius 1 is 1.68 bits per heavy atom. The van der Waals surface area contributed by atoms with Gasteiger partial charge in [0, 0.05) is 13.7 Å². The van der Waals surface area contributed by atoms with Crippen molar-refractivity contribution in [1.82, 2.24) is 4.90 Å². The van der Waals surface area contributed by atoms with Crippen LogP contribution in [0.3, 0.4) is 0 Å². The molecule has 2 rings (SSSR count). The molecule has 6 nitrogen and oxygen atoms in total. The number of hydrogen-bond acceptors (Lipinski definition) is 5. The van der Waals surface area contributed by atoms with Crippen molar-refractivity contribution < 1.29 is 24.2 Å². The standard InChI is InChI=1S/C12H15NO5S/c1-17-4-3-13-9(14)6-18-11(12(15)16)10(13)8-2-5-19-7-8/h2,5,7,10-11H,3-4,6H2,1H3,(H,15,16). The lowest BCUT2D eigenvalue weighted by molar-refractivity contribution is -0.173. The minimum absolute atomic E-state index is 0.207. The van der Waals surface area contributed by atoms with E-state index < -0.39 is 18.1 Å². The van der Waals surface area contributed by atoms with Crippen LogP contribution in [-0.2, 0) is 19.1 Å². The summed E-state index contributed by atoms with van der Waals surface area (Å²) in [5.41, 5.74) is 0.779. The number of methoxy groups -OCH3 is 1. The molecule has 1 amide bonds. The molecule has 7 heteroatoms. The lowest BCUT2D eigenvalue weighted by atomic mass is 10.0. The molecule has 104 valence electrons. The Balaban J connectivity index is 2.29. The van der Waals surface area contributed by atoms with Gasteiger partial charge in [-0.25, -0.2) is 4.79 Å². The lowest BCUT2D eigenvalue weighted by Crippen LogP contribution is -2.52. The highest BCUT2D eigenvalue weighted by molar-refractivity contribution is 7.08. The number of carboxylic acids is 1. The van der Waals surface area contributed by atoms with Gasteiger partial charge in [-0.1, -0.05) is 0 Å². The molecular weight excluding hydrogens is 270 g/mol. The predicted molar refractivity (Wildman–Crippen MR) is 68.0 cm³/mol. The average Bonchev–Trinajstić information content (AvgIpc) is 2.90. The Morgan fingerprint density at radius 2 is 2.47 bits per heavy atom. The van der Waals surface area contributed by atoms with Crippen molar-refractivity contribution in [1.29, 1.82) is 0 Å². The highest BCUT2D eigenvalue weighted by atomic mass is 32.1. The summed E-state index contributed by atoms with van der Waals surface area (Å²) in [6, 6.07) is 1.22. The third-order valence-electron chi connectivity index (χ3n) is 2.99. The highest BCUT2D eigenvalue weighted by Crippen LogP contribution is 2.31. The summed E-state index contributed by atoms with van der Waals surface area (Å²) >= 11 is 1.46. The van der Waals surface area contributed by atoms with Gasteiger partial charge < -0.3 is 19.5 Å². The lowest BCUT2D eigenvalue weighted by Gasteiger charge is -2.38. The summed E-state index contributed by atoms with van der Waals surface area (Å²) in [6.45, 7) is 0.503. The number of ether oxygens (including phenoxy) is 2. The molecule has 1 aromatic rings. The van der Waals surface area contributed by atoms with Crippen molar-refractivity contribution in [3.05, 3.63) is 22.4 Å². The van der Waals surface area contributed by atoms with Crippen LogP contribution in [0.1, 0.15) is 11.6 Å². The van der Waals surface area contributed by atoms with Crippen LogP contribution >= 0.6 is 11.3 Å². The summed E-state index contributed by atoms with van der Waals surface area (Å²) in [7, 11) is 1.54. The van der Waals surface area contributed by atoms with Gasteiger partial charge in [0.25, 0.3) is 0 Å². The summed E-state index contributed by atoms with van der Waals surface area (Å²) in [5.74, 6) is -1.28. The van der Waals surface area contributed by atoms with Crippen LogP contribution in [0.25, 0.3) is 0 Å². The molecule has 1 aliphatic heterocycles. The number of carboxylic acid groups (broad SMARTS) is 1. The van der Waals surface area contributed by atoms with Gasteiger partial charge in [-0.2, -0.15) is 11.3 Å². The van der Waals surface area contributed by atoms with E-state index in [1.165, 1.54) is 16.2 Å². The van der Waals surface area contributed by atoms with E-state index in [0.29, 0.717) is 13.2 Å². The molecule has 1 fully saturated rings. The number of hydrogen-bond donors (Lipinski definition) is 1. The summed E-state index contributed by atoms with van der Waals surface area (Å²) < 4.78 is 10.1. The van der Waals surface area contributed by atoms with Gasteiger partial charge in [0.1, 0.15) is 6.61 Å². The number of rotatable bonds is 5. The molecule has 2 atom stereocenters. The second-order valence-corrected chi connectivity index (χ2v) is 4.93. The van der Waals surface area contributed by atoms with E-state index in [1.807, 2.05) is 16.8 Å². The summed E-state index contributed by atoms with van der Waals surface area (Å²) in [5, 5.41) is 12.9. The number of carbonyl (C=O) groups excluding carboxylic acids is 1. The molecule has 0 saturated carbocycles. The molecule has 2 unspecified atom stereocenters. The first-order valence-electron chi connectivity index (χ1n) is 5.80. The predicted octanol–water partition coefficient (Wildman–Crippen LogP) is 0.748. The van der Waals surface area contributed by atoms with E-state index in [9.17, 15) is 14.7 Å². The van der Waals surface area contributed by atoms with Crippen molar-refractivity contribution in [3.8, 4) is 0 Å². The van der Waals surface area contributed by atoms with E-state index in [-0.39, 0.29) is 12.5 Å². The first-order chi connectivity index (χ1) is 9.15. The smallest absolute Gasteiger partial charge is 0.335 e.